The lowest BCUT2D eigenvalue weighted by molar-refractivity contribution is 0.187. The first-order valence-corrected chi connectivity index (χ1v) is 6.47. The molecule has 3 N–H and O–H groups in total. The van der Waals surface area contributed by atoms with Crippen LogP contribution in [0.1, 0.15) is 19.4 Å². The van der Waals surface area contributed by atoms with Gasteiger partial charge < -0.3 is 15.7 Å². The van der Waals surface area contributed by atoms with E-state index in [4.69, 9.17) is 0 Å². The SMILES string of the molecule is Cc1cc(NC(=O)NC(C)(C)CO)c2ncccc2c1. The molecule has 0 aliphatic rings. The molecular formula is C15H19N3O2. The third-order valence-corrected chi connectivity index (χ3v) is 2.94. The first-order valence-electron chi connectivity index (χ1n) is 6.47. The van der Waals surface area contributed by atoms with Gasteiger partial charge in [-0.15, -0.1) is 0 Å². The second-order valence-corrected chi connectivity index (χ2v) is 5.51. The molecule has 0 atom stereocenters. The predicted molar refractivity (Wildman–Crippen MR) is 79.8 cm³/mol. The number of pyridine rings is 1. The zero-order chi connectivity index (χ0) is 14.8. The first kappa shape index (κ1) is 14.3. The minimum atomic E-state index is -0.670. The molecule has 0 bridgehead atoms. The molecule has 2 rings (SSSR count). The standard InChI is InChI=1S/C15H19N3O2/c1-10-7-11-5-4-6-16-13(11)12(8-10)17-14(20)18-15(2,3)9-19/h4-8,19H,9H2,1-3H3,(H2,17,18,20). The lowest BCUT2D eigenvalue weighted by atomic mass is 10.1. The zero-order valence-electron chi connectivity index (χ0n) is 11.9. The summed E-state index contributed by atoms with van der Waals surface area (Å²) >= 11 is 0. The Hall–Kier alpha value is -2.14. The van der Waals surface area contributed by atoms with Crippen molar-refractivity contribution >= 4 is 22.6 Å². The van der Waals surface area contributed by atoms with Gasteiger partial charge in [0.1, 0.15) is 0 Å². The molecule has 0 spiro atoms. The van der Waals surface area contributed by atoms with Crippen LogP contribution in [0.4, 0.5) is 10.5 Å². The summed E-state index contributed by atoms with van der Waals surface area (Å²) in [6.45, 7) is 5.33. The number of nitrogens with zero attached hydrogens (tertiary/aromatic N) is 1. The highest BCUT2D eigenvalue weighted by atomic mass is 16.3. The smallest absolute Gasteiger partial charge is 0.319 e. The Bertz CT molecular complexity index is 638. The predicted octanol–water partition coefficient (Wildman–Crippen LogP) is 2.44. The Morgan fingerprint density at radius 2 is 2.15 bits per heavy atom. The van der Waals surface area contributed by atoms with Gasteiger partial charge >= 0.3 is 6.03 Å². The van der Waals surface area contributed by atoms with E-state index in [1.54, 1.807) is 20.0 Å². The average molecular weight is 273 g/mol. The quantitative estimate of drug-likeness (QED) is 0.804. The normalized spacial score (nSPS) is 11.4. The van der Waals surface area contributed by atoms with E-state index in [1.807, 2.05) is 31.2 Å². The maximum atomic E-state index is 12.0. The topological polar surface area (TPSA) is 74.2 Å². The molecule has 0 saturated carbocycles. The van der Waals surface area contributed by atoms with Gasteiger partial charge in [-0.3, -0.25) is 4.98 Å². The molecule has 0 unspecified atom stereocenters. The van der Waals surface area contributed by atoms with E-state index >= 15 is 0 Å². The van der Waals surface area contributed by atoms with Crippen molar-refractivity contribution in [2.45, 2.75) is 26.3 Å². The number of aryl methyl sites for hydroxylation is 1. The van der Waals surface area contributed by atoms with Crippen molar-refractivity contribution < 1.29 is 9.90 Å². The van der Waals surface area contributed by atoms with E-state index in [0.29, 0.717) is 5.69 Å². The van der Waals surface area contributed by atoms with Gasteiger partial charge in [0.25, 0.3) is 0 Å². The van der Waals surface area contributed by atoms with E-state index in [2.05, 4.69) is 15.6 Å². The highest BCUT2D eigenvalue weighted by Crippen LogP contribution is 2.23. The largest absolute Gasteiger partial charge is 0.394 e. The van der Waals surface area contributed by atoms with Crippen LogP contribution < -0.4 is 10.6 Å². The van der Waals surface area contributed by atoms with Gasteiger partial charge in [0.2, 0.25) is 0 Å². The molecule has 5 heteroatoms. The summed E-state index contributed by atoms with van der Waals surface area (Å²) in [6.07, 6.45) is 1.69. The third-order valence-electron chi connectivity index (χ3n) is 2.94. The Labute approximate surface area is 118 Å². The fourth-order valence-electron chi connectivity index (χ4n) is 1.94. The van der Waals surface area contributed by atoms with Crippen LogP contribution in [-0.2, 0) is 0 Å². The summed E-state index contributed by atoms with van der Waals surface area (Å²) in [7, 11) is 0. The number of benzene rings is 1. The van der Waals surface area contributed by atoms with Crippen molar-refractivity contribution in [2.24, 2.45) is 0 Å². The van der Waals surface area contributed by atoms with Crippen LogP contribution in [0.2, 0.25) is 0 Å². The van der Waals surface area contributed by atoms with Crippen LogP contribution in [0.25, 0.3) is 10.9 Å². The van der Waals surface area contributed by atoms with Crippen LogP contribution in [-0.4, -0.2) is 28.3 Å². The van der Waals surface area contributed by atoms with Gasteiger partial charge in [0.05, 0.1) is 23.3 Å². The number of anilines is 1. The maximum Gasteiger partial charge on any atom is 0.319 e. The number of rotatable bonds is 3. The number of carbonyl (C=O) groups excluding carboxylic acids is 1. The minimum absolute atomic E-state index is 0.132. The van der Waals surface area contributed by atoms with Crippen molar-refractivity contribution in [3.05, 3.63) is 36.0 Å². The number of hydrogen-bond acceptors (Lipinski definition) is 3. The maximum absolute atomic E-state index is 12.0. The lowest BCUT2D eigenvalue weighted by Gasteiger charge is -2.23. The van der Waals surface area contributed by atoms with Crippen molar-refractivity contribution in [3.63, 3.8) is 0 Å². The van der Waals surface area contributed by atoms with Crippen molar-refractivity contribution in [1.82, 2.24) is 10.3 Å². The zero-order valence-corrected chi connectivity index (χ0v) is 11.9. The molecule has 0 fully saturated rings. The molecule has 5 nitrogen and oxygen atoms in total. The highest BCUT2D eigenvalue weighted by molar-refractivity contribution is 6.00. The highest BCUT2D eigenvalue weighted by Gasteiger charge is 2.19. The summed E-state index contributed by atoms with van der Waals surface area (Å²) in [5.41, 5.74) is 1.78. The molecule has 0 radical (unpaired) electrons. The molecule has 106 valence electrons. The average Bonchev–Trinajstić information content (AvgIpc) is 2.37. The van der Waals surface area contributed by atoms with E-state index in [0.717, 1.165) is 16.5 Å². The van der Waals surface area contributed by atoms with Gasteiger partial charge in [-0.05, 0) is 44.5 Å². The van der Waals surface area contributed by atoms with Crippen LogP contribution in [0.3, 0.4) is 0 Å². The Morgan fingerprint density at radius 1 is 1.40 bits per heavy atom. The summed E-state index contributed by atoms with van der Waals surface area (Å²) in [6, 6.07) is 7.35. The summed E-state index contributed by atoms with van der Waals surface area (Å²) in [5, 5.41) is 15.6. The summed E-state index contributed by atoms with van der Waals surface area (Å²) in [5.74, 6) is 0. The fraction of sp³-hybridized carbons (Fsp3) is 0.333. The molecule has 20 heavy (non-hydrogen) atoms. The summed E-state index contributed by atoms with van der Waals surface area (Å²) in [4.78, 5) is 16.3. The Balaban J connectivity index is 2.27. The van der Waals surface area contributed by atoms with Gasteiger partial charge in [-0.1, -0.05) is 6.07 Å². The molecule has 1 heterocycles. The third kappa shape index (κ3) is 3.24. The van der Waals surface area contributed by atoms with Crippen LogP contribution in [0.15, 0.2) is 30.5 Å². The van der Waals surface area contributed by atoms with Crippen molar-refractivity contribution in [2.75, 3.05) is 11.9 Å². The first-order chi connectivity index (χ1) is 9.41. The van der Waals surface area contributed by atoms with Gasteiger partial charge in [0, 0.05) is 11.6 Å². The molecule has 1 aromatic heterocycles. The molecular weight excluding hydrogens is 254 g/mol. The molecule has 0 saturated heterocycles. The molecule has 0 aliphatic heterocycles. The number of nitrogens with one attached hydrogen (secondary N) is 2. The van der Waals surface area contributed by atoms with E-state index in [-0.39, 0.29) is 12.6 Å². The lowest BCUT2D eigenvalue weighted by Crippen LogP contribution is -2.48. The number of carbonyl (C=O) groups is 1. The molecule has 2 amide bonds. The number of aliphatic hydroxyl groups is 1. The minimum Gasteiger partial charge on any atom is -0.394 e. The van der Waals surface area contributed by atoms with Gasteiger partial charge in [-0.2, -0.15) is 0 Å². The van der Waals surface area contributed by atoms with Gasteiger partial charge in [-0.25, -0.2) is 4.79 Å². The second-order valence-electron chi connectivity index (χ2n) is 5.51. The number of amides is 2. The van der Waals surface area contributed by atoms with Crippen LogP contribution >= 0.6 is 0 Å². The van der Waals surface area contributed by atoms with Crippen molar-refractivity contribution in [3.8, 4) is 0 Å². The molecule has 0 aliphatic carbocycles. The second kappa shape index (κ2) is 5.46. The number of fused-ring (bicyclic) bond motifs is 1. The number of aromatic nitrogens is 1. The summed E-state index contributed by atoms with van der Waals surface area (Å²) < 4.78 is 0. The molecule has 2 aromatic rings. The van der Waals surface area contributed by atoms with E-state index < -0.39 is 5.54 Å². The van der Waals surface area contributed by atoms with E-state index in [1.165, 1.54) is 0 Å². The Morgan fingerprint density at radius 3 is 2.85 bits per heavy atom. The fourth-order valence-corrected chi connectivity index (χ4v) is 1.94. The number of urea groups is 1. The monoisotopic (exact) mass is 273 g/mol. The molecule has 1 aromatic carbocycles. The van der Waals surface area contributed by atoms with Crippen LogP contribution in [0.5, 0.6) is 0 Å². The Kier molecular flexibility index (Phi) is 3.90. The van der Waals surface area contributed by atoms with Gasteiger partial charge in [0.15, 0.2) is 0 Å². The number of hydrogen-bond donors (Lipinski definition) is 3. The van der Waals surface area contributed by atoms with Crippen molar-refractivity contribution in [1.29, 1.82) is 0 Å². The van der Waals surface area contributed by atoms with E-state index in [9.17, 15) is 9.90 Å². The number of aliphatic hydroxyl groups excluding tert-OH is 1. The van der Waals surface area contributed by atoms with Crippen LogP contribution in [0, 0.1) is 6.92 Å².